The van der Waals surface area contributed by atoms with Gasteiger partial charge < -0.3 is 4.42 Å². The lowest BCUT2D eigenvalue weighted by Gasteiger charge is -2.12. The van der Waals surface area contributed by atoms with Crippen LogP contribution in [0, 0.1) is 0 Å². The number of benzene rings is 8. The highest BCUT2D eigenvalue weighted by molar-refractivity contribution is 7.27. The number of furan rings is 1. The van der Waals surface area contributed by atoms with Crippen LogP contribution in [0.3, 0.4) is 0 Å². The van der Waals surface area contributed by atoms with Crippen LogP contribution >= 0.6 is 11.3 Å². The molecule has 0 aliphatic rings. The number of thiophene rings is 1. The summed E-state index contributed by atoms with van der Waals surface area (Å²) in [5.74, 6) is 0.647. The molecule has 51 heavy (non-hydrogen) atoms. The topological polar surface area (TPSA) is 43.9 Å². The largest absolute Gasteiger partial charge is 0.456 e. The number of aromatic nitrogens is 3. The summed E-state index contributed by atoms with van der Waals surface area (Å²) in [6, 6.07) is 53.9. The van der Waals surface area contributed by atoms with Gasteiger partial charge in [0.2, 0.25) is 5.95 Å². The quantitative estimate of drug-likeness (QED) is 0.172. The fourth-order valence-corrected chi connectivity index (χ4v) is 9.68. The summed E-state index contributed by atoms with van der Waals surface area (Å²) in [7, 11) is 0. The van der Waals surface area contributed by atoms with Gasteiger partial charge in [-0.2, -0.15) is 0 Å². The van der Waals surface area contributed by atoms with Crippen molar-refractivity contribution in [2.75, 3.05) is 0 Å². The van der Waals surface area contributed by atoms with Crippen LogP contribution < -0.4 is 0 Å². The maximum Gasteiger partial charge on any atom is 0.235 e. The Labute approximate surface area is 294 Å². The Hall–Kier alpha value is -6.56. The van der Waals surface area contributed by atoms with Gasteiger partial charge in [-0.1, -0.05) is 109 Å². The van der Waals surface area contributed by atoms with E-state index in [1.54, 1.807) is 0 Å². The van der Waals surface area contributed by atoms with Gasteiger partial charge in [-0.25, -0.2) is 9.97 Å². The average Bonchev–Trinajstić information content (AvgIpc) is 3.87. The highest BCUT2D eigenvalue weighted by atomic mass is 32.1. The molecule has 4 nitrogen and oxygen atoms in total. The summed E-state index contributed by atoms with van der Waals surface area (Å²) < 4.78 is 11.2. The fraction of sp³-hybridized carbons (Fsp3) is 0. The molecular formula is C46H25N3OS. The van der Waals surface area contributed by atoms with E-state index in [4.69, 9.17) is 14.4 Å². The zero-order valence-corrected chi connectivity index (χ0v) is 27.9. The van der Waals surface area contributed by atoms with E-state index in [1.807, 2.05) is 29.5 Å². The number of hydrogen-bond donors (Lipinski definition) is 0. The van der Waals surface area contributed by atoms with Gasteiger partial charge in [0.05, 0.1) is 22.2 Å². The molecule has 236 valence electrons. The minimum Gasteiger partial charge on any atom is -0.456 e. The van der Waals surface area contributed by atoms with Gasteiger partial charge in [-0.05, 0) is 58.6 Å². The van der Waals surface area contributed by atoms with E-state index < -0.39 is 0 Å². The maximum absolute atomic E-state index is 6.32. The molecule has 0 unspecified atom stereocenters. The average molecular weight is 668 g/mol. The smallest absolute Gasteiger partial charge is 0.235 e. The number of fused-ring (bicyclic) bond motifs is 16. The number of nitrogens with zero attached hydrogens (tertiary/aromatic N) is 3. The number of para-hydroxylation sites is 3. The Morgan fingerprint density at radius 2 is 1.12 bits per heavy atom. The molecule has 0 amide bonds. The predicted octanol–water partition coefficient (Wildman–Crippen LogP) is 13.0. The third-order valence-electron chi connectivity index (χ3n) is 10.6. The molecule has 0 spiro atoms. The van der Waals surface area contributed by atoms with Crippen molar-refractivity contribution in [3.8, 4) is 17.2 Å². The van der Waals surface area contributed by atoms with E-state index in [1.165, 1.54) is 52.5 Å². The molecule has 0 aliphatic carbocycles. The molecule has 0 N–H and O–H groups in total. The zero-order valence-electron chi connectivity index (χ0n) is 27.1. The van der Waals surface area contributed by atoms with E-state index in [9.17, 15) is 0 Å². The van der Waals surface area contributed by atoms with Gasteiger partial charge >= 0.3 is 0 Å². The van der Waals surface area contributed by atoms with E-state index in [-0.39, 0.29) is 0 Å². The van der Waals surface area contributed by atoms with E-state index in [0.29, 0.717) is 5.95 Å². The molecule has 12 aromatic rings. The normalized spacial score (nSPS) is 12.3. The molecule has 4 aromatic heterocycles. The molecule has 0 bridgehead atoms. The van der Waals surface area contributed by atoms with Crippen LogP contribution in [0.5, 0.6) is 0 Å². The SMILES string of the molecule is c1ccc2c(-c3ccc4c(c3)oc3ccccc34)nc(-n3c4ccccc4c4c5c(ccc43)sc3c4ccccc4c4ccccc4c35)nc2c1. The monoisotopic (exact) mass is 667 g/mol. The first-order valence-corrected chi connectivity index (χ1v) is 18.0. The van der Waals surface area contributed by atoms with E-state index in [0.717, 1.165) is 55.1 Å². The predicted molar refractivity (Wildman–Crippen MR) is 214 cm³/mol. The molecule has 0 aliphatic heterocycles. The van der Waals surface area contributed by atoms with Crippen LogP contribution in [0.4, 0.5) is 0 Å². The second kappa shape index (κ2) is 10.0. The maximum atomic E-state index is 6.32. The van der Waals surface area contributed by atoms with E-state index >= 15 is 0 Å². The Morgan fingerprint density at radius 3 is 1.98 bits per heavy atom. The van der Waals surface area contributed by atoms with Crippen LogP contribution in [0.15, 0.2) is 156 Å². The minimum atomic E-state index is 0.647. The van der Waals surface area contributed by atoms with Crippen LogP contribution in [0.2, 0.25) is 0 Å². The fourth-order valence-electron chi connectivity index (χ4n) is 8.42. The first-order valence-electron chi connectivity index (χ1n) is 17.2. The Morgan fingerprint density at radius 1 is 0.451 bits per heavy atom. The lowest BCUT2D eigenvalue weighted by molar-refractivity contribution is 0.669. The van der Waals surface area contributed by atoms with Crippen LogP contribution in [0.25, 0.3) is 114 Å². The summed E-state index contributed by atoms with van der Waals surface area (Å²) in [5.41, 5.74) is 6.67. The standard InChI is InChI=1S/C46H25N3OS/c1-3-14-31-27(11-1)28-12-2-4-15-32(28)45-42(31)43-40(51-45)24-23-37-41(43)34-17-6-9-19-36(34)49(37)46-47-35-18-8-5-16-33(35)44(48-46)26-21-22-30-29-13-7-10-20-38(29)50-39(30)25-26/h1-25H. The molecule has 0 radical (unpaired) electrons. The van der Waals surface area contributed by atoms with Crippen molar-refractivity contribution in [1.82, 2.24) is 14.5 Å². The molecule has 0 saturated carbocycles. The molecule has 12 rings (SSSR count). The van der Waals surface area contributed by atoms with Crippen molar-refractivity contribution in [2.24, 2.45) is 0 Å². The van der Waals surface area contributed by atoms with Crippen LogP contribution in [-0.4, -0.2) is 14.5 Å². The van der Waals surface area contributed by atoms with Gasteiger partial charge in [-0.15, -0.1) is 11.3 Å². The number of hydrogen-bond acceptors (Lipinski definition) is 4. The second-order valence-corrected chi connectivity index (χ2v) is 14.3. The summed E-state index contributed by atoms with van der Waals surface area (Å²) in [4.78, 5) is 10.7. The first kappa shape index (κ1) is 27.3. The first-order chi connectivity index (χ1) is 25.3. The summed E-state index contributed by atoms with van der Waals surface area (Å²) in [5, 5.41) is 13.4. The van der Waals surface area contributed by atoms with Crippen molar-refractivity contribution < 1.29 is 4.42 Å². The number of rotatable bonds is 2. The van der Waals surface area contributed by atoms with Gasteiger partial charge in [0, 0.05) is 58.1 Å². The van der Waals surface area contributed by atoms with Gasteiger partial charge in [-0.3, -0.25) is 4.57 Å². The van der Waals surface area contributed by atoms with E-state index in [2.05, 4.69) is 138 Å². The van der Waals surface area contributed by atoms with Crippen molar-refractivity contribution in [1.29, 1.82) is 0 Å². The molecular weight excluding hydrogens is 643 g/mol. The lowest BCUT2D eigenvalue weighted by Crippen LogP contribution is -2.03. The molecule has 0 fully saturated rings. The van der Waals surface area contributed by atoms with Crippen molar-refractivity contribution in [2.45, 2.75) is 0 Å². The summed E-state index contributed by atoms with van der Waals surface area (Å²) >= 11 is 1.89. The minimum absolute atomic E-state index is 0.647. The zero-order chi connectivity index (χ0) is 33.2. The van der Waals surface area contributed by atoms with Crippen LogP contribution in [-0.2, 0) is 0 Å². The third kappa shape index (κ3) is 3.68. The van der Waals surface area contributed by atoms with Crippen molar-refractivity contribution >= 4 is 108 Å². The highest BCUT2D eigenvalue weighted by Gasteiger charge is 2.22. The molecule has 4 heterocycles. The highest BCUT2D eigenvalue weighted by Crippen LogP contribution is 2.48. The molecule has 5 heteroatoms. The van der Waals surface area contributed by atoms with Crippen molar-refractivity contribution in [3.05, 3.63) is 152 Å². The van der Waals surface area contributed by atoms with Gasteiger partial charge in [0.25, 0.3) is 0 Å². The van der Waals surface area contributed by atoms with Crippen LogP contribution in [0.1, 0.15) is 0 Å². The molecule has 0 atom stereocenters. The molecule has 0 saturated heterocycles. The van der Waals surface area contributed by atoms with Gasteiger partial charge in [0.15, 0.2) is 0 Å². The summed E-state index contributed by atoms with van der Waals surface area (Å²) in [6.45, 7) is 0. The Bertz CT molecular complexity index is 3440. The third-order valence-corrected chi connectivity index (χ3v) is 11.8. The molecule has 8 aromatic carbocycles. The Balaban J connectivity index is 1.20. The second-order valence-electron chi connectivity index (χ2n) is 13.3. The summed E-state index contributed by atoms with van der Waals surface area (Å²) in [6.07, 6.45) is 0. The Kier molecular flexibility index (Phi) is 5.35. The van der Waals surface area contributed by atoms with Crippen molar-refractivity contribution in [3.63, 3.8) is 0 Å². The lowest BCUT2D eigenvalue weighted by atomic mass is 9.96. The van der Waals surface area contributed by atoms with Gasteiger partial charge in [0.1, 0.15) is 11.2 Å².